The van der Waals surface area contributed by atoms with Crippen LogP contribution < -0.4 is 15.4 Å². The molecule has 138 valence electrons. The second-order valence-corrected chi connectivity index (χ2v) is 6.44. The predicted molar refractivity (Wildman–Crippen MR) is 106 cm³/mol. The number of amides is 1. The maximum Gasteiger partial charge on any atom is 0.276 e. The van der Waals surface area contributed by atoms with E-state index in [-0.39, 0.29) is 11.6 Å². The average molecular weight is 362 g/mol. The highest BCUT2D eigenvalue weighted by molar-refractivity contribution is 6.03. The van der Waals surface area contributed by atoms with E-state index >= 15 is 0 Å². The number of rotatable bonds is 7. The van der Waals surface area contributed by atoms with Gasteiger partial charge in [0, 0.05) is 6.54 Å². The highest BCUT2D eigenvalue weighted by Crippen LogP contribution is 2.29. The van der Waals surface area contributed by atoms with Crippen LogP contribution in [0.2, 0.25) is 0 Å². The number of aromatic nitrogens is 2. The molecular weight excluding hydrogens is 340 g/mol. The molecular formula is C21H22N4O2. The lowest BCUT2D eigenvalue weighted by atomic mass is 10.2. The van der Waals surface area contributed by atoms with Crippen molar-refractivity contribution >= 4 is 17.4 Å². The minimum absolute atomic E-state index is 0.236. The molecule has 0 bridgehead atoms. The van der Waals surface area contributed by atoms with Crippen molar-refractivity contribution in [1.82, 2.24) is 10.2 Å². The van der Waals surface area contributed by atoms with Crippen LogP contribution >= 0.6 is 0 Å². The van der Waals surface area contributed by atoms with Gasteiger partial charge in [-0.2, -0.15) is 0 Å². The van der Waals surface area contributed by atoms with Crippen LogP contribution in [0.4, 0.5) is 11.5 Å². The fraction of sp³-hybridized carbons (Fsp3) is 0.190. The van der Waals surface area contributed by atoms with Gasteiger partial charge in [-0.1, -0.05) is 44.2 Å². The summed E-state index contributed by atoms with van der Waals surface area (Å²) >= 11 is 0. The Balaban J connectivity index is 1.69. The van der Waals surface area contributed by atoms with E-state index in [0.29, 0.717) is 28.9 Å². The minimum Gasteiger partial charge on any atom is -0.455 e. The SMILES string of the molecule is CC(C)CNc1ccc(C(=O)Nc2ccccc2Oc2ccccc2)nn1. The zero-order valence-electron chi connectivity index (χ0n) is 15.3. The van der Waals surface area contributed by atoms with E-state index in [0.717, 1.165) is 6.54 Å². The van der Waals surface area contributed by atoms with Gasteiger partial charge in [0.05, 0.1) is 5.69 Å². The molecule has 0 aliphatic rings. The Kier molecular flexibility index (Phi) is 5.99. The van der Waals surface area contributed by atoms with E-state index in [4.69, 9.17) is 4.74 Å². The number of carbonyl (C=O) groups is 1. The van der Waals surface area contributed by atoms with Gasteiger partial charge >= 0.3 is 0 Å². The zero-order chi connectivity index (χ0) is 19.1. The molecule has 1 heterocycles. The Labute approximate surface area is 158 Å². The molecule has 0 radical (unpaired) electrons. The van der Waals surface area contributed by atoms with E-state index in [1.54, 1.807) is 24.3 Å². The summed E-state index contributed by atoms with van der Waals surface area (Å²) in [6.45, 7) is 5.01. The van der Waals surface area contributed by atoms with Gasteiger partial charge in [-0.05, 0) is 42.3 Å². The van der Waals surface area contributed by atoms with Crippen LogP contribution in [0.1, 0.15) is 24.3 Å². The molecule has 0 saturated heterocycles. The van der Waals surface area contributed by atoms with Crippen molar-refractivity contribution in [2.75, 3.05) is 17.2 Å². The Morgan fingerprint density at radius 3 is 2.41 bits per heavy atom. The van der Waals surface area contributed by atoms with Crippen LogP contribution in [-0.2, 0) is 0 Å². The molecule has 3 aromatic rings. The van der Waals surface area contributed by atoms with Crippen LogP contribution in [0.3, 0.4) is 0 Å². The fourth-order valence-electron chi connectivity index (χ4n) is 2.32. The number of ether oxygens (including phenoxy) is 1. The second kappa shape index (κ2) is 8.80. The number of carbonyl (C=O) groups excluding carboxylic acids is 1. The molecule has 6 nitrogen and oxygen atoms in total. The molecule has 0 aliphatic carbocycles. The molecule has 2 aromatic carbocycles. The number of hydrogen-bond donors (Lipinski definition) is 2. The molecule has 6 heteroatoms. The Bertz CT molecular complexity index is 880. The first kappa shape index (κ1) is 18.4. The van der Waals surface area contributed by atoms with Crippen molar-refractivity contribution in [1.29, 1.82) is 0 Å². The summed E-state index contributed by atoms with van der Waals surface area (Å²) in [6, 6.07) is 20.1. The van der Waals surface area contributed by atoms with Crippen molar-refractivity contribution in [3.05, 3.63) is 72.4 Å². The summed E-state index contributed by atoms with van der Waals surface area (Å²) in [7, 11) is 0. The lowest BCUT2D eigenvalue weighted by molar-refractivity contribution is 0.102. The highest BCUT2D eigenvalue weighted by Gasteiger charge is 2.12. The molecule has 0 unspecified atom stereocenters. The summed E-state index contributed by atoms with van der Waals surface area (Å²) in [4.78, 5) is 12.5. The number of nitrogens with one attached hydrogen (secondary N) is 2. The summed E-state index contributed by atoms with van der Waals surface area (Å²) in [5.41, 5.74) is 0.801. The average Bonchev–Trinajstić information content (AvgIpc) is 2.69. The molecule has 0 fully saturated rings. The number of hydrogen-bond acceptors (Lipinski definition) is 5. The van der Waals surface area contributed by atoms with Gasteiger partial charge in [-0.25, -0.2) is 0 Å². The minimum atomic E-state index is -0.345. The van der Waals surface area contributed by atoms with Crippen molar-refractivity contribution in [2.24, 2.45) is 5.92 Å². The summed E-state index contributed by atoms with van der Waals surface area (Å²) in [5, 5.41) is 14.1. The van der Waals surface area contributed by atoms with Gasteiger partial charge in [-0.15, -0.1) is 10.2 Å². The molecule has 27 heavy (non-hydrogen) atoms. The van der Waals surface area contributed by atoms with Gasteiger partial charge in [0.15, 0.2) is 11.4 Å². The highest BCUT2D eigenvalue weighted by atomic mass is 16.5. The number of para-hydroxylation sites is 3. The monoisotopic (exact) mass is 362 g/mol. The van der Waals surface area contributed by atoms with Crippen molar-refractivity contribution in [3.63, 3.8) is 0 Å². The van der Waals surface area contributed by atoms with Crippen molar-refractivity contribution < 1.29 is 9.53 Å². The van der Waals surface area contributed by atoms with Crippen LogP contribution in [0.5, 0.6) is 11.5 Å². The third-order valence-corrected chi connectivity index (χ3v) is 3.69. The van der Waals surface area contributed by atoms with Gasteiger partial charge in [0.25, 0.3) is 5.91 Å². The second-order valence-electron chi connectivity index (χ2n) is 6.44. The van der Waals surface area contributed by atoms with Crippen LogP contribution in [0, 0.1) is 5.92 Å². The van der Waals surface area contributed by atoms with E-state index in [1.807, 2.05) is 42.5 Å². The molecule has 3 rings (SSSR count). The van der Waals surface area contributed by atoms with E-state index in [2.05, 4.69) is 34.7 Å². The molecule has 0 spiro atoms. The van der Waals surface area contributed by atoms with Crippen molar-refractivity contribution in [3.8, 4) is 11.5 Å². The maximum absolute atomic E-state index is 12.5. The smallest absolute Gasteiger partial charge is 0.276 e. The quantitative estimate of drug-likeness (QED) is 0.643. The first-order valence-corrected chi connectivity index (χ1v) is 8.82. The van der Waals surface area contributed by atoms with Gasteiger partial charge in [-0.3, -0.25) is 4.79 Å². The molecule has 0 saturated carbocycles. The summed E-state index contributed by atoms with van der Waals surface area (Å²) in [6.07, 6.45) is 0. The van der Waals surface area contributed by atoms with E-state index in [9.17, 15) is 4.79 Å². The van der Waals surface area contributed by atoms with Crippen molar-refractivity contribution in [2.45, 2.75) is 13.8 Å². The molecule has 0 atom stereocenters. The molecule has 0 aliphatic heterocycles. The normalized spacial score (nSPS) is 10.5. The van der Waals surface area contributed by atoms with E-state index < -0.39 is 0 Å². The maximum atomic E-state index is 12.5. The Hall–Kier alpha value is -3.41. The standard InChI is InChI=1S/C21H22N4O2/c1-15(2)14-22-20-13-12-18(24-25-20)21(26)23-17-10-6-7-11-19(17)27-16-8-4-3-5-9-16/h3-13,15H,14H2,1-2H3,(H,22,25)(H,23,26). The summed E-state index contributed by atoms with van der Waals surface area (Å²) in [5.74, 6) is 2.05. The topological polar surface area (TPSA) is 76.1 Å². The Morgan fingerprint density at radius 1 is 0.963 bits per heavy atom. The zero-order valence-corrected chi connectivity index (χ0v) is 15.3. The Morgan fingerprint density at radius 2 is 1.70 bits per heavy atom. The third kappa shape index (κ3) is 5.28. The predicted octanol–water partition coefficient (Wildman–Crippen LogP) is 4.59. The van der Waals surface area contributed by atoms with Crippen LogP contribution in [-0.4, -0.2) is 22.6 Å². The largest absolute Gasteiger partial charge is 0.455 e. The number of nitrogens with zero attached hydrogens (tertiary/aromatic N) is 2. The van der Waals surface area contributed by atoms with Gasteiger partial charge in [0.2, 0.25) is 0 Å². The van der Waals surface area contributed by atoms with Crippen LogP contribution in [0.15, 0.2) is 66.7 Å². The fourth-order valence-corrected chi connectivity index (χ4v) is 2.32. The third-order valence-electron chi connectivity index (χ3n) is 3.69. The first-order chi connectivity index (χ1) is 13.1. The first-order valence-electron chi connectivity index (χ1n) is 8.82. The lowest BCUT2D eigenvalue weighted by Gasteiger charge is -2.12. The molecule has 2 N–H and O–H groups in total. The van der Waals surface area contributed by atoms with Gasteiger partial charge in [0.1, 0.15) is 11.6 Å². The van der Waals surface area contributed by atoms with Gasteiger partial charge < -0.3 is 15.4 Å². The summed E-state index contributed by atoms with van der Waals surface area (Å²) < 4.78 is 5.86. The van der Waals surface area contributed by atoms with Crippen LogP contribution in [0.25, 0.3) is 0 Å². The van der Waals surface area contributed by atoms with E-state index in [1.165, 1.54) is 0 Å². The number of benzene rings is 2. The lowest BCUT2D eigenvalue weighted by Crippen LogP contribution is -2.16. The number of anilines is 2. The molecule has 1 aromatic heterocycles. The molecule has 1 amide bonds.